The molecule has 0 saturated heterocycles. The third-order valence-electron chi connectivity index (χ3n) is 3.92. The number of carboxylic acids is 1. The van der Waals surface area contributed by atoms with Gasteiger partial charge in [-0.05, 0) is 41.8 Å². The van der Waals surface area contributed by atoms with Gasteiger partial charge >= 0.3 is 0 Å². The van der Waals surface area contributed by atoms with Crippen LogP contribution in [0.25, 0.3) is 6.08 Å². The van der Waals surface area contributed by atoms with Crippen molar-refractivity contribution in [2.75, 3.05) is 0 Å². The molecule has 6 nitrogen and oxygen atoms in total. The van der Waals surface area contributed by atoms with Crippen LogP contribution in [0.15, 0.2) is 64.8 Å². The zero-order valence-corrected chi connectivity index (χ0v) is 17.0. The number of benzene rings is 2. The quantitative estimate of drug-likeness (QED) is 0.640. The van der Waals surface area contributed by atoms with Crippen LogP contribution < -0.4 is 15.7 Å². The SMILES string of the molecule is CC(C)[C@@H](NC(=O)/C(=C/c1ccccc1)NC(=O)c1ccc(Br)cc1)C(=O)[O-]. The summed E-state index contributed by atoms with van der Waals surface area (Å²) in [7, 11) is 0. The first-order valence-electron chi connectivity index (χ1n) is 8.63. The summed E-state index contributed by atoms with van der Waals surface area (Å²) in [5.74, 6) is -2.97. The first kappa shape index (κ1) is 21.4. The van der Waals surface area contributed by atoms with E-state index < -0.39 is 23.8 Å². The molecule has 1 atom stereocenters. The fraction of sp³-hybridized carbons (Fsp3) is 0.190. The van der Waals surface area contributed by atoms with Gasteiger partial charge in [0.15, 0.2) is 0 Å². The van der Waals surface area contributed by atoms with Crippen molar-refractivity contribution in [2.24, 2.45) is 5.92 Å². The number of hydrogen-bond acceptors (Lipinski definition) is 4. The minimum atomic E-state index is -1.39. The Hall–Kier alpha value is -2.93. The van der Waals surface area contributed by atoms with Gasteiger partial charge in [-0.2, -0.15) is 0 Å². The summed E-state index contributed by atoms with van der Waals surface area (Å²) in [4.78, 5) is 36.5. The number of amides is 2. The molecule has 0 aliphatic heterocycles. The lowest BCUT2D eigenvalue weighted by atomic mass is 10.0. The third-order valence-corrected chi connectivity index (χ3v) is 4.45. The monoisotopic (exact) mass is 443 g/mol. The molecule has 0 bridgehead atoms. The van der Waals surface area contributed by atoms with Gasteiger partial charge in [0.05, 0.1) is 12.0 Å². The van der Waals surface area contributed by atoms with Crippen LogP contribution in [0.3, 0.4) is 0 Å². The highest BCUT2D eigenvalue weighted by Crippen LogP contribution is 2.12. The van der Waals surface area contributed by atoms with Crippen molar-refractivity contribution in [3.05, 3.63) is 75.9 Å². The average molecular weight is 444 g/mol. The number of halogens is 1. The van der Waals surface area contributed by atoms with E-state index in [1.54, 1.807) is 62.4 Å². The zero-order chi connectivity index (χ0) is 20.7. The summed E-state index contributed by atoms with van der Waals surface area (Å²) in [5, 5.41) is 16.3. The molecular weight excluding hydrogens is 424 g/mol. The Bertz CT molecular complexity index is 877. The fourth-order valence-corrected chi connectivity index (χ4v) is 2.65. The lowest BCUT2D eigenvalue weighted by Crippen LogP contribution is -2.52. The van der Waals surface area contributed by atoms with Crippen LogP contribution in [0.1, 0.15) is 29.8 Å². The molecule has 2 aromatic carbocycles. The molecule has 7 heteroatoms. The van der Waals surface area contributed by atoms with Crippen LogP contribution in [0.4, 0.5) is 0 Å². The second kappa shape index (κ2) is 9.85. The second-order valence-electron chi connectivity index (χ2n) is 6.44. The van der Waals surface area contributed by atoms with Crippen molar-refractivity contribution in [3.63, 3.8) is 0 Å². The van der Waals surface area contributed by atoms with E-state index in [4.69, 9.17) is 0 Å². The molecule has 0 aliphatic carbocycles. The molecule has 0 aromatic heterocycles. The predicted molar refractivity (Wildman–Crippen MR) is 108 cm³/mol. The summed E-state index contributed by atoms with van der Waals surface area (Å²) in [6, 6.07) is 14.4. The van der Waals surface area contributed by atoms with Gasteiger partial charge in [0, 0.05) is 10.0 Å². The van der Waals surface area contributed by atoms with Gasteiger partial charge in [-0.3, -0.25) is 9.59 Å². The van der Waals surface area contributed by atoms with Gasteiger partial charge < -0.3 is 20.5 Å². The predicted octanol–water partition coefficient (Wildman–Crippen LogP) is 2.11. The van der Waals surface area contributed by atoms with E-state index in [0.29, 0.717) is 11.1 Å². The third kappa shape index (κ3) is 6.06. The Morgan fingerprint density at radius 1 is 1.00 bits per heavy atom. The Morgan fingerprint density at radius 2 is 1.61 bits per heavy atom. The summed E-state index contributed by atoms with van der Waals surface area (Å²) in [5.41, 5.74) is 0.972. The topological polar surface area (TPSA) is 98.3 Å². The molecule has 28 heavy (non-hydrogen) atoms. The number of carbonyl (C=O) groups is 3. The number of nitrogens with one attached hydrogen (secondary N) is 2. The Morgan fingerprint density at radius 3 is 2.14 bits per heavy atom. The van der Waals surface area contributed by atoms with Crippen molar-refractivity contribution in [1.82, 2.24) is 10.6 Å². The lowest BCUT2D eigenvalue weighted by molar-refractivity contribution is -0.309. The first-order valence-corrected chi connectivity index (χ1v) is 9.42. The van der Waals surface area contributed by atoms with Crippen LogP contribution in [-0.2, 0) is 9.59 Å². The van der Waals surface area contributed by atoms with Crippen molar-refractivity contribution in [1.29, 1.82) is 0 Å². The van der Waals surface area contributed by atoms with Gasteiger partial charge in [0.1, 0.15) is 5.70 Å². The van der Waals surface area contributed by atoms with Crippen LogP contribution >= 0.6 is 15.9 Å². The Labute approximate surface area is 171 Å². The summed E-state index contributed by atoms with van der Waals surface area (Å²) >= 11 is 3.30. The molecule has 2 aromatic rings. The standard InChI is InChI=1S/C21H21BrN2O4/c1-13(2)18(21(27)28)24-20(26)17(12-14-6-4-3-5-7-14)23-19(25)15-8-10-16(22)11-9-15/h3-13,18H,1-2H3,(H,23,25)(H,24,26)(H,27,28)/p-1/b17-12-/t18-/m1/s1. The van der Waals surface area contributed by atoms with E-state index in [-0.39, 0.29) is 11.6 Å². The van der Waals surface area contributed by atoms with Gasteiger partial charge in [-0.25, -0.2) is 0 Å². The van der Waals surface area contributed by atoms with Gasteiger partial charge in [-0.1, -0.05) is 60.1 Å². The molecule has 0 fully saturated rings. The van der Waals surface area contributed by atoms with Crippen LogP contribution in [0.2, 0.25) is 0 Å². The molecule has 0 heterocycles. The van der Waals surface area contributed by atoms with E-state index in [1.807, 2.05) is 6.07 Å². The number of aliphatic carboxylic acids is 1. The van der Waals surface area contributed by atoms with Crippen molar-refractivity contribution < 1.29 is 19.5 Å². The minimum Gasteiger partial charge on any atom is -0.548 e. The Balaban J connectivity index is 2.30. The molecule has 146 valence electrons. The Kier molecular flexibility index (Phi) is 7.52. The largest absolute Gasteiger partial charge is 0.548 e. The molecule has 2 rings (SSSR count). The molecule has 0 radical (unpaired) electrons. The molecule has 0 spiro atoms. The van der Waals surface area contributed by atoms with Gasteiger partial charge in [0.2, 0.25) is 0 Å². The molecule has 0 unspecified atom stereocenters. The number of hydrogen-bond donors (Lipinski definition) is 2. The normalized spacial score (nSPS) is 12.4. The van der Waals surface area contributed by atoms with Crippen LogP contribution in [0, 0.1) is 5.92 Å². The van der Waals surface area contributed by atoms with Gasteiger partial charge in [-0.15, -0.1) is 0 Å². The number of rotatable bonds is 7. The molecule has 0 aliphatic rings. The zero-order valence-electron chi connectivity index (χ0n) is 15.4. The van der Waals surface area contributed by atoms with E-state index in [1.165, 1.54) is 6.08 Å². The van der Waals surface area contributed by atoms with Crippen molar-refractivity contribution >= 4 is 39.8 Å². The maximum absolute atomic E-state index is 12.7. The summed E-state index contributed by atoms with van der Waals surface area (Å²) in [6.07, 6.45) is 1.48. The number of carbonyl (C=O) groups excluding carboxylic acids is 3. The highest BCUT2D eigenvalue weighted by molar-refractivity contribution is 9.10. The van der Waals surface area contributed by atoms with Crippen molar-refractivity contribution in [3.8, 4) is 0 Å². The van der Waals surface area contributed by atoms with Gasteiger partial charge in [0.25, 0.3) is 11.8 Å². The lowest BCUT2D eigenvalue weighted by Gasteiger charge is -2.24. The van der Waals surface area contributed by atoms with Crippen LogP contribution in [0.5, 0.6) is 0 Å². The highest BCUT2D eigenvalue weighted by Gasteiger charge is 2.21. The fourth-order valence-electron chi connectivity index (χ4n) is 2.39. The van der Waals surface area contributed by atoms with Crippen molar-refractivity contribution in [2.45, 2.75) is 19.9 Å². The molecular formula is C21H20BrN2O4-. The highest BCUT2D eigenvalue weighted by atomic mass is 79.9. The second-order valence-corrected chi connectivity index (χ2v) is 7.36. The minimum absolute atomic E-state index is 0.0639. The maximum atomic E-state index is 12.7. The van der Waals surface area contributed by atoms with E-state index in [9.17, 15) is 19.5 Å². The van der Waals surface area contributed by atoms with Crippen LogP contribution in [-0.4, -0.2) is 23.8 Å². The van der Waals surface area contributed by atoms with E-state index >= 15 is 0 Å². The molecule has 0 saturated carbocycles. The summed E-state index contributed by atoms with van der Waals surface area (Å²) in [6.45, 7) is 3.31. The summed E-state index contributed by atoms with van der Waals surface area (Å²) < 4.78 is 0.815. The van der Waals surface area contributed by atoms with E-state index in [0.717, 1.165) is 4.47 Å². The maximum Gasteiger partial charge on any atom is 0.268 e. The smallest absolute Gasteiger partial charge is 0.268 e. The van der Waals surface area contributed by atoms with E-state index in [2.05, 4.69) is 26.6 Å². The number of carboxylic acid groups (broad SMARTS) is 1. The molecule has 2 amide bonds. The molecule has 2 N–H and O–H groups in total. The average Bonchev–Trinajstić information content (AvgIpc) is 2.66. The first-order chi connectivity index (χ1) is 13.3.